The van der Waals surface area contributed by atoms with E-state index in [2.05, 4.69) is 89.1 Å². The fraction of sp³-hybridized carbons (Fsp3) is 0.185. The number of nitrogens with zero attached hydrogens (tertiary/aromatic N) is 3. The first-order valence-corrected chi connectivity index (χ1v) is 11.7. The number of thiocarbonyl (C=S) groups is 1. The maximum Gasteiger partial charge on any atom is 0.174 e. The molecule has 2 aromatic carbocycles. The molecule has 33 heavy (non-hydrogen) atoms. The van der Waals surface area contributed by atoms with E-state index in [9.17, 15) is 0 Å². The highest BCUT2D eigenvalue weighted by Crippen LogP contribution is 2.43. The van der Waals surface area contributed by atoms with Gasteiger partial charge < -0.3 is 14.8 Å². The summed E-state index contributed by atoms with van der Waals surface area (Å²) in [5, 5.41) is 4.99. The van der Waals surface area contributed by atoms with Crippen LogP contribution in [0.5, 0.6) is 0 Å². The molecule has 0 amide bonds. The van der Waals surface area contributed by atoms with Gasteiger partial charge in [0.2, 0.25) is 0 Å². The number of halogens is 1. The molecule has 0 aliphatic carbocycles. The van der Waals surface area contributed by atoms with E-state index in [-0.39, 0.29) is 12.1 Å². The molecule has 0 radical (unpaired) electrons. The van der Waals surface area contributed by atoms with Gasteiger partial charge in [0, 0.05) is 34.0 Å². The molecule has 166 valence electrons. The highest BCUT2D eigenvalue weighted by molar-refractivity contribution is 7.80. The van der Waals surface area contributed by atoms with E-state index in [0.717, 1.165) is 27.8 Å². The van der Waals surface area contributed by atoms with Crippen molar-refractivity contribution in [1.29, 1.82) is 0 Å². The van der Waals surface area contributed by atoms with Crippen molar-refractivity contribution >= 4 is 34.6 Å². The summed E-state index contributed by atoms with van der Waals surface area (Å²) in [5.41, 5.74) is 7.87. The number of rotatable bonds is 4. The molecule has 5 rings (SSSR count). The summed E-state index contributed by atoms with van der Waals surface area (Å²) in [4.78, 5) is 6.90. The number of benzene rings is 2. The SMILES string of the molecule is Cc1cccc(N2C(=S)N[C@H](c3ccccn3)[C@@H]2c2cc(C)n(-c3ccc(Cl)cc3)c2C)c1. The number of anilines is 1. The molecule has 1 aliphatic rings. The maximum atomic E-state index is 6.14. The van der Waals surface area contributed by atoms with Crippen LogP contribution in [0.3, 0.4) is 0 Å². The molecule has 6 heteroatoms. The van der Waals surface area contributed by atoms with Crippen LogP contribution in [0.4, 0.5) is 5.69 Å². The van der Waals surface area contributed by atoms with Crippen LogP contribution in [0, 0.1) is 20.8 Å². The van der Waals surface area contributed by atoms with Gasteiger partial charge in [-0.05, 0) is 98.7 Å². The minimum atomic E-state index is -0.0709. The molecule has 4 aromatic rings. The molecule has 0 saturated carbocycles. The fourth-order valence-corrected chi connectivity index (χ4v) is 5.27. The normalized spacial score (nSPS) is 17.9. The molecular weight excluding hydrogens is 448 g/mol. The van der Waals surface area contributed by atoms with Crippen molar-refractivity contribution < 1.29 is 0 Å². The van der Waals surface area contributed by atoms with Crippen LogP contribution in [0.1, 0.15) is 40.3 Å². The van der Waals surface area contributed by atoms with Crippen LogP contribution in [-0.2, 0) is 0 Å². The monoisotopic (exact) mass is 472 g/mol. The molecule has 3 heterocycles. The zero-order valence-corrected chi connectivity index (χ0v) is 20.4. The second-order valence-corrected chi connectivity index (χ2v) is 9.30. The summed E-state index contributed by atoms with van der Waals surface area (Å²) >= 11 is 12.0. The Morgan fingerprint density at radius 2 is 1.70 bits per heavy atom. The molecule has 0 bridgehead atoms. The molecule has 1 aliphatic heterocycles. The zero-order chi connectivity index (χ0) is 23.1. The van der Waals surface area contributed by atoms with Gasteiger partial charge in [0.1, 0.15) is 0 Å². The minimum Gasteiger partial charge on any atom is -0.351 e. The van der Waals surface area contributed by atoms with E-state index in [0.29, 0.717) is 5.11 Å². The average molecular weight is 473 g/mol. The van der Waals surface area contributed by atoms with E-state index in [1.54, 1.807) is 0 Å². The lowest BCUT2D eigenvalue weighted by Gasteiger charge is -2.28. The number of pyridine rings is 1. The summed E-state index contributed by atoms with van der Waals surface area (Å²) in [6, 6.07) is 24.6. The molecule has 4 nitrogen and oxygen atoms in total. The van der Waals surface area contributed by atoms with Gasteiger partial charge in [-0.3, -0.25) is 4.98 Å². The Balaban J connectivity index is 1.68. The van der Waals surface area contributed by atoms with Crippen molar-refractivity contribution in [3.63, 3.8) is 0 Å². The lowest BCUT2D eigenvalue weighted by atomic mass is 9.96. The Labute approximate surface area is 204 Å². The van der Waals surface area contributed by atoms with Gasteiger partial charge in [0.15, 0.2) is 5.11 Å². The van der Waals surface area contributed by atoms with Crippen molar-refractivity contribution in [3.8, 4) is 5.69 Å². The van der Waals surface area contributed by atoms with Crippen molar-refractivity contribution in [2.45, 2.75) is 32.9 Å². The first-order valence-electron chi connectivity index (χ1n) is 11.0. The van der Waals surface area contributed by atoms with Crippen molar-refractivity contribution in [2.24, 2.45) is 0 Å². The summed E-state index contributed by atoms with van der Waals surface area (Å²) in [6.07, 6.45) is 1.84. The van der Waals surface area contributed by atoms with Gasteiger partial charge in [-0.2, -0.15) is 0 Å². The molecule has 1 N–H and O–H groups in total. The summed E-state index contributed by atoms with van der Waals surface area (Å²) < 4.78 is 2.27. The molecule has 0 spiro atoms. The molecule has 1 fully saturated rings. The first-order chi connectivity index (χ1) is 15.9. The summed E-state index contributed by atoms with van der Waals surface area (Å²) in [7, 11) is 0. The highest BCUT2D eigenvalue weighted by Gasteiger charge is 2.42. The van der Waals surface area contributed by atoms with Gasteiger partial charge in [0.25, 0.3) is 0 Å². The van der Waals surface area contributed by atoms with E-state index < -0.39 is 0 Å². The Hall–Kier alpha value is -3.15. The first kappa shape index (κ1) is 21.7. The Kier molecular flexibility index (Phi) is 5.69. The van der Waals surface area contributed by atoms with Gasteiger partial charge in [-0.1, -0.05) is 29.8 Å². The third-order valence-electron chi connectivity index (χ3n) is 6.25. The third kappa shape index (κ3) is 3.92. The predicted octanol–water partition coefficient (Wildman–Crippen LogP) is 6.63. The Morgan fingerprint density at radius 1 is 0.909 bits per heavy atom. The van der Waals surface area contributed by atoms with Gasteiger partial charge in [-0.15, -0.1) is 0 Å². The van der Waals surface area contributed by atoms with Crippen molar-refractivity contribution in [2.75, 3.05) is 4.90 Å². The number of hydrogen-bond donors (Lipinski definition) is 1. The van der Waals surface area contributed by atoms with E-state index in [4.69, 9.17) is 23.8 Å². The second-order valence-electron chi connectivity index (χ2n) is 8.47. The lowest BCUT2D eigenvalue weighted by Crippen LogP contribution is -2.29. The predicted molar refractivity (Wildman–Crippen MR) is 139 cm³/mol. The number of aryl methyl sites for hydroxylation is 2. The minimum absolute atomic E-state index is 0.0403. The molecular formula is C27H25ClN4S. The molecule has 2 aromatic heterocycles. The fourth-order valence-electron chi connectivity index (χ4n) is 4.80. The van der Waals surface area contributed by atoms with E-state index in [1.165, 1.54) is 16.8 Å². The topological polar surface area (TPSA) is 33.1 Å². The average Bonchev–Trinajstić information content (AvgIpc) is 3.30. The van der Waals surface area contributed by atoms with Gasteiger partial charge in [-0.25, -0.2) is 0 Å². The maximum absolute atomic E-state index is 6.14. The summed E-state index contributed by atoms with van der Waals surface area (Å²) in [6.45, 7) is 6.41. The van der Waals surface area contributed by atoms with Crippen LogP contribution >= 0.6 is 23.8 Å². The second kappa shape index (κ2) is 8.65. The Morgan fingerprint density at radius 3 is 2.39 bits per heavy atom. The number of nitrogens with one attached hydrogen (secondary N) is 1. The van der Waals surface area contributed by atoms with Crippen molar-refractivity contribution in [3.05, 3.63) is 112 Å². The van der Waals surface area contributed by atoms with Gasteiger partial charge >= 0.3 is 0 Å². The van der Waals surface area contributed by atoms with Crippen molar-refractivity contribution in [1.82, 2.24) is 14.9 Å². The summed E-state index contributed by atoms with van der Waals surface area (Å²) in [5.74, 6) is 0. The molecule has 1 saturated heterocycles. The molecule has 0 unspecified atom stereocenters. The van der Waals surface area contributed by atoms with Crippen LogP contribution in [0.15, 0.2) is 79.0 Å². The smallest absolute Gasteiger partial charge is 0.174 e. The van der Waals surface area contributed by atoms with Crippen LogP contribution in [0.25, 0.3) is 5.69 Å². The van der Waals surface area contributed by atoms with Crippen LogP contribution in [-0.4, -0.2) is 14.7 Å². The standard InChI is InChI=1S/C27H25ClN4S/c1-17-7-6-8-22(15-17)32-26(25(30-27(32)33)24-9-4-5-14-29-24)23-16-18(2)31(19(23)3)21-12-10-20(28)11-13-21/h4-16,25-26H,1-3H3,(H,30,33)/t25-,26+/m1/s1. The third-order valence-corrected chi connectivity index (χ3v) is 6.82. The van der Waals surface area contributed by atoms with Gasteiger partial charge in [0.05, 0.1) is 17.8 Å². The Bertz CT molecular complexity index is 1310. The quantitative estimate of drug-likeness (QED) is 0.338. The van der Waals surface area contributed by atoms with Crippen LogP contribution < -0.4 is 10.2 Å². The number of hydrogen-bond acceptors (Lipinski definition) is 2. The number of aromatic nitrogens is 2. The van der Waals surface area contributed by atoms with E-state index >= 15 is 0 Å². The largest absolute Gasteiger partial charge is 0.351 e. The zero-order valence-electron chi connectivity index (χ0n) is 18.8. The lowest BCUT2D eigenvalue weighted by molar-refractivity contribution is 0.565. The van der Waals surface area contributed by atoms with E-state index in [1.807, 2.05) is 30.5 Å². The van der Waals surface area contributed by atoms with Crippen LogP contribution in [0.2, 0.25) is 5.02 Å². The molecule has 2 atom stereocenters. The highest BCUT2D eigenvalue weighted by atomic mass is 35.5.